The van der Waals surface area contributed by atoms with Crippen LogP contribution in [0.2, 0.25) is 0 Å². The third-order valence-corrected chi connectivity index (χ3v) is 3.03. The van der Waals surface area contributed by atoms with Gasteiger partial charge in [-0.25, -0.2) is 0 Å². The van der Waals surface area contributed by atoms with Gasteiger partial charge in [0.2, 0.25) is 0 Å². The van der Waals surface area contributed by atoms with Crippen LogP contribution in [0.3, 0.4) is 0 Å². The summed E-state index contributed by atoms with van der Waals surface area (Å²) in [6, 6.07) is -0.982. The van der Waals surface area contributed by atoms with Crippen molar-refractivity contribution in [2.75, 3.05) is 0 Å². The first-order chi connectivity index (χ1) is 9.54. The third kappa shape index (κ3) is 4.18. The lowest BCUT2D eigenvalue weighted by Crippen LogP contribution is -2.28. The number of hydrogen-bond donors (Lipinski definition) is 0. The molecule has 0 aliphatic rings. The van der Waals surface area contributed by atoms with E-state index in [0.29, 0.717) is 0 Å². The minimum Gasteiger partial charge on any atom is -0.376 e. The first kappa shape index (κ1) is 18.4. The maximum atomic E-state index is 12.4. The molecule has 0 aromatic heterocycles. The van der Waals surface area contributed by atoms with Gasteiger partial charge in [0, 0.05) is 0 Å². The summed E-state index contributed by atoms with van der Waals surface area (Å²) < 4.78 is 135. The Balaban J connectivity index is 3.44. The van der Waals surface area contributed by atoms with E-state index in [4.69, 9.17) is 0 Å². The molecule has 0 saturated heterocycles. The lowest BCUT2D eigenvalue weighted by Gasteiger charge is -2.15. The van der Waals surface area contributed by atoms with Gasteiger partial charge in [-0.05, 0) is 18.2 Å². The zero-order chi connectivity index (χ0) is 17.6. The molecule has 0 radical (unpaired) electrons. The van der Waals surface area contributed by atoms with E-state index in [1.165, 1.54) is 0 Å². The molecule has 0 N–H and O–H groups in total. The van der Waals surface area contributed by atoms with Crippen molar-refractivity contribution in [2.24, 2.45) is 0 Å². The summed E-state index contributed by atoms with van der Waals surface area (Å²) in [7, 11) is -6.41. The predicted molar refractivity (Wildman–Crippen MR) is 52.0 cm³/mol. The van der Waals surface area contributed by atoms with Gasteiger partial charge in [-0.2, -0.15) is 47.9 Å². The largest absolute Gasteiger partial charge is 0.534 e. The van der Waals surface area contributed by atoms with Crippen LogP contribution in [0.25, 0.3) is 0 Å². The summed E-state index contributed by atoms with van der Waals surface area (Å²) in [4.78, 5) is 0. The molecule has 22 heavy (non-hydrogen) atoms. The number of rotatable bonds is 2. The molecule has 0 amide bonds. The fourth-order valence-corrected chi connectivity index (χ4v) is 1.59. The standard InChI is InChI=1S/C9H3F9O3S/c10-7(11,12)4-1-5(8(13,14)15)3-6(2-4)21-22(19,20)9(16,17)18/h1-3H. The van der Waals surface area contributed by atoms with Crippen LogP contribution in [-0.2, 0) is 22.5 Å². The Labute approximate surface area is 116 Å². The zero-order valence-electron chi connectivity index (χ0n) is 9.77. The Morgan fingerprint density at radius 3 is 1.36 bits per heavy atom. The van der Waals surface area contributed by atoms with Gasteiger partial charge in [-0.1, -0.05) is 0 Å². The van der Waals surface area contributed by atoms with Crippen LogP contribution in [0.15, 0.2) is 18.2 Å². The van der Waals surface area contributed by atoms with E-state index in [0.717, 1.165) is 0 Å². The van der Waals surface area contributed by atoms with Gasteiger partial charge >= 0.3 is 28.0 Å². The van der Waals surface area contributed by atoms with Gasteiger partial charge in [0.25, 0.3) is 0 Å². The highest BCUT2D eigenvalue weighted by molar-refractivity contribution is 7.88. The summed E-state index contributed by atoms with van der Waals surface area (Å²) in [6.45, 7) is 0. The molecule has 0 fully saturated rings. The predicted octanol–water partition coefficient (Wildman–Crippen LogP) is 3.95. The first-order valence-electron chi connectivity index (χ1n) is 4.84. The Morgan fingerprint density at radius 1 is 0.727 bits per heavy atom. The molecule has 1 aromatic carbocycles. The van der Waals surface area contributed by atoms with E-state index < -0.39 is 50.9 Å². The average molecular weight is 362 g/mol. The molecular formula is C9H3F9O3S. The highest BCUT2D eigenvalue weighted by atomic mass is 32.2. The van der Waals surface area contributed by atoms with E-state index in [9.17, 15) is 47.9 Å². The van der Waals surface area contributed by atoms with Gasteiger partial charge in [-0.15, -0.1) is 0 Å². The van der Waals surface area contributed by atoms with Gasteiger partial charge in [0.15, 0.2) is 0 Å². The normalized spacial score (nSPS) is 14.0. The number of alkyl halides is 9. The summed E-state index contributed by atoms with van der Waals surface area (Å²) in [5.41, 5.74) is -10.1. The second-order valence-corrected chi connectivity index (χ2v) is 5.26. The van der Waals surface area contributed by atoms with E-state index in [1.807, 2.05) is 0 Å². The minimum absolute atomic E-state index is 0.293. The van der Waals surface area contributed by atoms with Crippen LogP contribution in [0.4, 0.5) is 39.5 Å². The molecule has 13 heteroatoms. The van der Waals surface area contributed by atoms with E-state index >= 15 is 0 Å². The van der Waals surface area contributed by atoms with Crippen molar-refractivity contribution in [2.45, 2.75) is 17.9 Å². The lowest BCUT2D eigenvalue weighted by molar-refractivity contribution is -0.143. The monoisotopic (exact) mass is 362 g/mol. The van der Waals surface area contributed by atoms with Gasteiger partial charge in [0.1, 0.15) is 5.75 Å². The van der Waals surface area contributed by atoms with E-state index in [1.54, 1.807) is 0 Å². The lowest BCUT2D eigenvalue weighted by atomic mass is 10.1. The molecule has 0 heterocycles. The second kappa shape index (κ2) is 5.21. The van der Waals surface area contributed by atoms with Crippen LogP contribution in [0.1, 0.15) is 11.1 Å². The number of halogens is 9. The smallest absolute Gasteiger partial charge is 0.376 e. The second-order valence-electron chi connectivity index (χ2n) is 3.72. The SMILES string of the molecule is O=S(=O)(Oc1cc(C(F)(F)F)cc(C(F)(F)F)c1)C(F)(F)F. The Kier molecular flexibility index (Phi) is 4.35. The van der Waals surface area contributed by atoms with Crippen LogP contribution in [0.5, 0.6) is 5.75 Å². The molecule has 0 atom stereocenters. The van der Waals surface area contributed by atoms with Crippen LogP contribution >= 0.6 is 0 Å². The maximum absolute atomic E-state index is 12.4. The molecule has 3 nitrogen and oxygen atoms in total. The average Bonchev–Trinajstić information content (AvgIpc) is 2.23. The molecule has 0 saturated carbocycles. The van der Waals surface area contributed by atoms with Crippen molar-refractivity contribution in [1.29, 1.82) is 0 Å². The fourth-order valence-electron chi connectivity index (χ4n) is 1.15. The Morgan fingerprint density at radius 2 is 1.09 bits per heavy atom. The minimum atomic E-state index is -6.41. The molecule has 0 spiro atoms. The number of benzene rings is 1. The maximum Gasteiger partial charge on any atom is 0.534 e. The molecular weight excluding hydrogens is 359 g/mol. The quantitative estimate of drug-likeness (QED) is 0.455. The van der Waals surface area contributed by atoms with Crippen molar-refractivity contribution in [3.63, 3.8) is 0 Å². The molecule has 1 aromatic rings. The van der Waals surface area contributed by atoms with Crippen molar-refractivity contribution < 1.29 is 52.1 Å². The molecule has 0 aliphatic heterocycles. The summed E-state index contributed by atoms with van der Waals surface area (Å²) >= 11 is 0. The number of hydrogen-bond acceptors (Lipinski definition) is 3. The van der Waals surface area contributed by atoms with Crippen molar-refractivity contribution in [1.82, 2.24) is 0 Å². The van der Waals surface area contributed by atoms with E-state index in [-0.39, 0.29) is 12.1 Å². The van der Waals surface area contributed by atoms with Gasteiger partial charge < -0.3 is 4.18 Å². The molecule has 0 aliphatic carbocycles. The Hall–Kier alpha value is -1.66. The van der Waals surface area contributed by atoms with E-state index in [2.05, 4.69) is 4.18 Å². The summed E-state index contributed by atoms with van der Waals surface area (Å²) in [6.07, 6.45) is -10.7. The van der Waals surface area contributed by atoms with Gasteiger partial charge in [0.05, 0.1) is 11.1 Å². The Bertz CT molecular complexity index is 622. The van der Waals surface area contributed by atoms with Crippen LogP contribution in [-0.4, -0.2) is 13.9 Å². The topological polar surface area (TPSA) is 43.4 Å². The molecule has 1 rings (SSSR count). The fraction of sp³-hybridized carbons (Fsp3) is 0.333. The molecule has 126 valence electrons. The van der Waals surface area contributed by atoms with Crippen LogP contribution in [0, 0.1) is 0 Å². The van der Waals surface area contributed by atoms with Crippen molar-refractivity contribution in [3.8, 4) is 5.75 Å². The summed E-state index contributed by atoms with van der Waals surface area (Å²) in [5.74, 6) is -1.76. The first-order valence-corrected chi connectivity index (χ1v) is 6.25. The summed E-state index contributed by atoms with van der Waals surface area (Å²) in [5, 5.41) is 0. The third-order valence-electron chi connectivity index (χ3n) is 2.05. The molecule has 0 unspecified atom stereocenters. The highest BCUT2D eigenvalue weighted by Crippen LogP contribution is 2.39. The van der Waals surface area contributed by atoms with Crippen molar-refractivity contribution in [3.05, 3.63) is 29.3 Å². The zero-order valence-corrected chi connectivity index (χ0v) is 10.6. The highest BCUT2D eigenvalue weighted by Gasteiger charge is 2.49. The van der Waals surface area contributed by atoms with Crippen LogP contribution < -0.4 is 4.18 Å². The molecule has 0 bridgehead atoms. The van der Waals surface area contributed by atoms with Crippen molar-refractivity contribution >= 4 is 10.1 Å². The van der Waals surface area contributed by atoms with Gasteiger partial charge in [-0.3, -0.25) is 0 Å².